The van der Waals surface area contributed by atoms with E-state index in [1.54, 1.807) is 11.3 Å². The molecule has 50 heavy (non-hydrogen) atoms. The maximum Gasteiger partial charge on any atom is 0.124 e. The molecule has 0 unspecified atom stereocenters. The molecule has 0 aliphatic heterocycles. The summed E-state index contributed by atoms with van der Waals surface area (Å²) in [4.78, 5) is 7.52. The van der Waals surface area contributed by atoms with Crippen LogP contribution in [-0.2, 0) is 0 Å². The predicted molar refractivity (Wildman–Crippen MR) is 215 cm³/mol. The van der Waals surface area contributed by atoms with Crippen molar-refractivity contribution < 1.29 is 0 Å². The van der Waals surface area contributed by atoms with Crippen LogP contribution in [0.25, 0.3) is 75.0 Å². The number of nitrogens with zero attached hydrogens (tertiary/aromatic N) is 2. The molecule has 0 aliphatic carbocycles. The van der Waals surface area contributed by atoms with E-state index in [9.17, 15) is 0 Å². The zero-order chi connectivity index (χ0) is 33.0. The number of benzene rings is 9. The second kappa shape index (κ2) is 11.7. The van der Waals surface area contributed by atoms with Crippen molar-refractivity contribution in [3.8, 4) is 21.7 Å². The summed E-state index contributed by atoms with van der Waals surface area (Å²) < 4.78 is 1.21. The third kappa shape index (κ3) is 4.74. The molecule has 0 amide bonds. The van der Waals surface area contributed by atoms with E-state index in [0.29, 0.717) is 0 Å². The van der Waals surface area contributed by atoms with Crippen molar-refractivity contribution in [2.24, 2.45) is 0 Å². The number of para-hydroxylation sites is 1. The number of hydrogen-bond acceptors (Lipinski definition) is 3. The minimum absolute atomic E-state index is 1.03. The minimum Gasteiger partial charge on any atom is -0.310 e. The third-order valence-corrected chi connectivity index (χ3v) is 11.0. The zero-order valence-corrected chi connectivity index (χ0v) is 27.9. The van der Waals surface area contributed by atoms with Gasteiger partial charge in [-0.15, -0.1) is 11.3 Å². The number of aromatic nitrogens is 1. The van der Waals surface area contributed by atoms with E-state index >= 15 is 0 Å². The Balaban J connectivity index is 1.25. The molecule has 0 saturated carbocycles. The number of thiazole rings is 1. The lowest BCUT2D eigenvalue weighted by molar-refractivity contribution is 1.30. The molecule has 0 fully saturated rings. The van der Waals surface area contributed by atoms with E-state index < -0.39 is 0 Å². The van der Waals surface area contributed by atoms with Crippen LogP contribution < -0.4 is 4.90 Å². The van der Waals surface area contributed by atoms with Crippen LogP contribution in [0.4, 0.5) is 17.1 Å². The zero-order valence-electron chi connectivity index (χ0n) is 27.1. The molecule has 1 heterocycles. The lowest BCUT2D eigenvalue weighted by atomic mass is 9.92. The highest BCUT2D eigenvalue weighted by molar-refractivity contribution is 7.22. The van der Waals surface area contributed by atoms with Crippen LogP contribution in [-0.4, -0.2) is 4.98 Å². The molecule has 0 bridgehead atoms. The van der Waals surface area contributed by atoms with Crippen molar-refractivity contribution in [1.29, 1.82) is 0 Å². The Morgan fingerprint density at radius 2 is 1.02 bits per heavy atom. The average molecular weight is 655 g/mol. The SMILES string of the molecule is c1ccc(-c2nc3ccc4cc(-c5ccccc5)c5ccc(N(c6ccccc6)c6ccc7c(ccc8ccccc87)c6)cc5c4c3s2)cc1. The highest BCUT2D eigenvalue weighted by Crippen LogP contribution is 2.45. The Morgan fingerprint density at radius 3 is 1.82 bits per heavy atom. The van der Waals surface area contributed by atoms with Gasteiger partial charge < -0.3 is 4.90 Å². The lowest BCUT2D eigenvalue weighted by Gasteiger charge is -2.26. The first-order valence-corrected chi connectivity index (χ1v) is 17.8. The molecule has 10 rings (SSSR count). The maximum atomic E-state index is 5.13. The van der Waals surface area contributed by atoms with E-state index in [4.69, 9.17) is 4.98 Å². The molecule has 0 spiro atoms. The van der Waals surface area contributed by atoms with Gasteiger partial charge in [0.1, 0.15) is 5.01 Å². The number of hydrogen-bond donors (Lipinski definition) is 0. The first-order valence-electron chi connectivity index (χ1n) is 17.0. The second-order valence-electron chi connectivity index (χ2n) is 12.8. The molecule has 0 atom stereocenters. The van der Waals surface area contributed by atoms with Gasteiger partial charge >= 0.3 is 0 Å². The summed E-state index contributed by atoms with van der Waals surface area (Å²) in [5.41, 5.74) is 7.97. The molecule has 3 heteroatoms. The van der Waals surface area contributed by atoms with Crippen LogP contribution in [0.3, 0.4) is 0 Å². The highest BCUT2D eigenvalue weighted by Gasteiger charge is 2.19. The van der Waals surface area contributed by atoms with Crippen molar-refractivity contribution in [2.45, 2.75) is 0 Å². The second-order valence-corrected chi connectivity index (χ2v) is 13.8. The summed E-state index contributed by atoms with van der Waals surface area (Å²) in [5, 5.41) is 11.0. The van der Waals surface area contributed by atoms with Gasteiger partial charge in [0.2, 0.25) is 0 Å². The molecule has 1 aromatic heterocycles. The normalized spacial score (nSPS) is 11.6. The summed E-state index contributed by atoms with van der Waals surface area (Å²) >= 11 is 1.78. The van der Waals surface area contributed by atoms with Crippen molar-refractivity contribution >= 4 is 81.7 Å². The van der Waals surface area contributed by atoms with Crippen LogP contribution in [0.1, 0.15) is 0 Å². The number of anilines is 3. The van der Waals surface area contributed by atoms with Gasteiger partial charge in [-0.1, -0.05) is 133 Å². The van der Waals surface area contributed by atoms with E-state index in [0.717, 1.165) is 33.1 Å². The van der Waals surface area contributed by atoms with E-state index in [1.165, 1.54) is 58.9 Å². The van der Waals surface area contributed by atoms with Crippen molar-refractivity contribution in [2.75, 3.05) is 4.90 Å². The quantitative estimate of drug-likeness (QED) is 0.172. The third-order valence-electron chi connectivity index (χ3n) is 9.82. The fraction of sp³-hybridized carbons (Fsp3) is 0. The van der Waals surface area contributed by atoms with Gasteiger partial charge in [0, 0.05) is 28.0 Å². The number of fused-ring (bicyclic) bond motifs is 8. The fourth-order valence-electron chi connectivity index (χ4n) is 7.48. The van der Waals surface area contributed by atoms with Crippen LogP contribution in [0, 0.1) is 0 Å². The Labute approximate surface area is 294 Å². The molecule has 2 nitrogen and oxygen atoms in total. The average Bonchev–Trinajstić information content (AvgIpc) is 3.63. The first kappa shape index (κ1) is 28.7. The Bertz CT molecular complexity index is 2860. The highest BCUT2D eigenvalue weighted by atomic mass is 32.1. The van der Waals surface area contributed by atoms with E-state index in [-0.39, 0.29) is 0 Å². The van der Waals surface area contributed by atoms with Gasteiger partial charge in [0.15, 0.2) is 0 Å². The number of rotatable bonds is 5. The summed E-state index contributed by atoms with van der Waals surface area (Å²) in [6, 6.07) is 65.7. The largest absolute Gasteiger partial charge is 0.310 e. The molecule has 234 valence electrons. The van der Waals surface area contributed by atoms with Crippen molar-refractivity contribution in [3.63, 3.8) is 0 Å². The van der Waals surface area contributed by atoms with Crippen molar-refractivity contribution in [1.82, 2.24) is 4.98 Å². The molecule has 9 aromatic carbocycles. The summed E-state index contributed by atoms with van der Waals surface area (Å²) in [7, 11) is 0. The van der Waals surface area contributed by atoms with Gasteiger partial charge in [0.25, 0.3) is 0 Å². The van der Waals surface area contributed by atoms with Gasteiger partial charge in [-0.25, -0.2) is 4.98 Å². The van der Waals surface area contributed by atoms with E-state index in [2.05, 4.69) is 187 Å². The molecular weight excluding hydrogens is 625 g/mol. The Kier molecular flexibility index (Phi) is 6.71. The Morgan fingerprint density at radius 1 is 0.400 bits per heavy atom. The molecule has 10 aromatic rings. The summed E-state index contributed by atoms with van der Waals surface area (Å²) in [6.07, 6.45) is 0. The van der Waals surface area contributed by atoms with Gasteiger partial charge in [0.05, 0.1) is 10.2 Å². The fourth-order valence-corrected chi connectivity index (χ4v) is 8.62. The van der Waals surface area contributed by atoms with Crippen LogP contribution >= 0.6 is 11.3 Å². The monoisotopic (exact) mass is 654 g/mol. The summed E-state index contributed by atoms with van der Waals surface area (Å²) in [5.74, 6) is 0. The Hall–Kier alpha value is -6.29. The lowest BCUT2D eigenvalue weighted by Crippen LogP contribution is -2.09. The standard InChI is InChI=1S/C47H30N2S/c1-4-12-31(13-5-1)42-29-35-22-27-44-46(50-47(48-44)33-15-6-2-7-16-33)45(35)43-30-38(24-26-41(42)43)49(36-17-8-3-9-18-36)37-23-25-40-34(28-37)21-20-32-14-10-11-19-39(32)40/h1-30H. The summed E-state index contributed by atoms with van der Waals surface area (Å²) in [6.45, 7) is 0. The van der Waals surface area contributed by atoms with Gasteiger partial charge in [-0.2, -0.15) is 0 Å². The minimum atomic E-state index is 1.03. The molecule has 0 saturated heterocycles. The van der Waals surface area contributed by atoms with Crippen LogP contribution in [0.2, 0.25) is 0 Å². The van der Waals surface area contributed by atoms with Gasteiger partial charge in [-0.3, -0.25) is 0 Å². The molecule has 0 aliphatic rings. The topological polar surface area (TPSA) is 16.1 Å². The van der Waals surface area contributed by atoms with Crippen molar-refractivity contribution in [3.05, 3.63) is 182 Å². The maximum absolute atomic E-state index is 5.13. The molecule has 0 radical (unpaired) electrons. The first-order chi connectivity index (χ1) is 24.8. The predicted octanol–water partition coefficient (Wildman–Crippen LogP) is 13.7. The smallest absolute Gasteiger partial charge is 0.124 e. The molecular formula is C47H30N2S. The van der Waals surface area contributed by atoms with Crippen LogP contribution in [0.15, 0.2) is 182 Å². The molecule has 0 N–H and O–H groups in total. The van der Waals surface area contributed by atoms with Gasteiger partial charge in [-0.05, 0) is 97.4 Å². The van der Waals surface area contributed by atoms with E-state index in [1.807, 2.05) is 0 Å². The van der Waals surface area contributed by atoms with Crippen LogP contribution in [0.5, 0.6) is 0 Å².